The van der Waals surface area contributed by atoms with Crippen LogP contribution in [0, 0.1) is 5.82 Å². The Kier molecular flexibility index (Phi) is 5.86. The van der Waals surface area contributed by atoms with Gasteiger partial charge in [0.05, 0.1) is 6.04 Å². The van der Waals surface area contributed by atoms with Crippen molar-refractivity contribution in [2.45, 2.75) is 33.2 Å². The third-order valence-electron chi connectivity index (χ3n) is 2.41. The van der Waals surface area contributed by atoms with E-state index in [1.807, 2.05) is 26.0 Å². The molecular weight excluding hydrogens is 281 g/mol. The van der Waals surface area contributed by atoms with Gasteiger partial charge in [-0.25, -0.2) is 4.39 Å². The number of halogens is 2. The van der Waals surface area contributed by atoms with E-state index in [-0.39, 0.29) is 11.9 Å². The van der Waals surface area contributed by atoms with Crippen LogP contribution in [0.2, 0.25) is 0 Å². The highest BCUT2D eigenvalue weighted by Gasteiger charge is 2.12. The van der Waals surface area contributed by atoms with Crippen molar-refractivity contribution in [2.75, 3.05) is 6.54 Å². The van der Waals surface area contributed by atoms with Gasteiger partial charge in [0.1, 0.15) is 5.82 Å². The van der Waals surface area contributed by atoms with Gasteiger partial charge in [-0.1, -0.05) is 40.6 Å². The second-order valence-electron chi connectivity index (χ2n) is 4.34. The van der Waals surface area contributed by atoms with Crippen LogP contribution in [0.1, 0.15) is 38.8 Å². The van der Waals surface area contributed by atoms with Crippen LogP contribution in [0.3, 0.4) is 0 Å². The van der Waals surface area contributed by atoms with Crippen LogP contribution >= 0.6 is 15.9 Å². The molecule has 0 spiro atoms. The van der Waals surface area contributed by atoms with Crippen molar-refractivity contribution in [1.82, 2.24) is 5.32 Å². The fraction of sp³-hybridized carbons (Fsp3) is 0.429. The van der Waals surface area contributed by atoms with Crippen molar-refractivity contribution in [1.29, 1.82) is 0 Å². The van der Waals surface area contributed by atoms with Crippen LogP contribution in [0.4, 0.5) is 4.39 Å². The van der Waals surface area contributed by atoms with Gasteiger partial charge in [-0.05, 0) is 38.9 Å². The molecule has 1 N–H and O–H groups in total. The van der Waals surface area contributed by atoms with Crippen molar-refractivity contribution in [3.63, 3.8) is 0 Å². The van der Waals surface area contributed by atoms with E-state index in [4.69, 9.17) is 0 Å². The number of hydrogen-bond acceptors (Lipinski definition) is 1. The van der Waals surface area contributed by atoms with E-state index in [2.05, 4.69) is 34.2 Å². The molecule has 0 bridgehead atoms. The highest BCUT2D eigenvalue weighted by Crippen LogP contribution is 2.23. The fourth-order valence-electron chi connectivity index (χ4n) is 1.65. The third kappa shape index (κ3) is 4.60. The number of allylic oxidation sites excluding steroid dienone is 1. The molecule has 0 heterocycles. The average Bonchev–Trinajstić information content (AvgIpc) is 2.24. The highest BCUT2D eigenvalue weighted by atomic mass is 79.9. The first-order chi connectivity index (χ1) is 8.04. The second kappa shape index (κ2) is 6.92. The molecule has 0 aliphatic rings. The molecule has 1 unspecified atom stereocenters. The van der Waals surface area contributed by atoms with Crippen molar-refractivity contribution in [3.05, 3.63) is 45.7 Å². The van der Waals surface area contributed by atoms with E-state index >= 15 is 0 Å². The zero-order chi connectivity index (χ0) is 12.8. The predicted molar refractivity (Wildman–Crippen MR) is 74.6 cm³/mol. The van der Waals surface area contributed by atoms with Crippen LogP contribution in [0.25, 0.3) is 0 Å². The molecule has 0 aromatic heterocycles. The minimum absolute atomic E-state index is 0.0481. The van der Waals surface area contributed by atoms with Crippen LogP contribution < -0.4 is 5.32 Å². The Labute approximate surface area is 111 Å². The van der Waals surface area contributed by atoms with E-state index in [0.717, 1.165) is 17.4 Å². The Morgan fingerprint density at radius 2 is 2.18 bits per heavy atom. The smallest absolute Gasteiger partial charge is 0.129 e. The largest absolute Gasteiger partial charge is 0.307 e. The maximum absolute atomic E-state index is 13.9. The lowest BCUT2D eigenvalue weighted by molar-refractivity contribution is 0.553. The van der Waals surface area contributed by atoms with Gasteiger partial charge in [0.15, 0.2) is 0 Å². The number of nitrogens with one attached hydrogen (secondary N) is 1. The second-order valence-corrected chi connectivity index (χ2v) is 5.26. The molecule has 0 saturated heterocycles. The van der Waals surface area contributed by atoms with Gasteiger partial charge < -0.3 is 5.32 Å². The summed E-state index contributed by atoms with van der Waals surface area (Å²) in [4.78, 5) is 0. The minimum Gasteiger partial charge on any atom is -0.307 e. The van der Waals surface area contributed by atoms with E-state index in [0.29, 0.717) is 5.56 Å². The molecule has 0 fully saturated rings. The standard InChI is InChI=1S/C14H19BrFN/c1-4-7-17-14(8-10(2)3)12-6-5-11(15)9-13(12)16/h5-6,8-9,14,17H,4,7H2,1-3H3. The molecule has 94 valence electrons. The summed E-state index contributed by atoms with van der Waals surface area (Å²) in [5.41, 5.74) is 1.88. The summed E-state index contributed by atoms with van der Waals surface area (Å²) in [6.45, 7) is 7.03. The molecular formula is C14H19BrFN. The van der Waals surface area contributed by atoms with E-state index < -0.39 is 0 Å². The first-order valence-corrected chi connectivity index (χ1v) is 6.67. The maximum Gasteiger partial charge on any atom is 0.129 e. The van der Waals surface area contributed by atoms with Crippen molar-refractivity contribution in [3.8, 4) is 0 Å². The summed E-state index contributed by atoms with van der Waals surface area (Å²) in [5.74, 6) is -0.175. The molecule has 1 aromatic rings. The van der Waals surface area contributed by atoms with E-state index in [9.17, 15) is 4.39 Å². The molecule has 3 heteroatoms. The Morgan fingerprint density at radius 1 is 1.47 bits per heavy atom. The lowest BCUT2D eigenvalue weighted by Crippen LogP contribution is -2.21. The molecule has 17 heavy (non-hydrogen) atoms. The quantitative estimate of drug-likeness (QED) is 0.784. The first kappa shape index (κ1) is 14.4. The number of benzene rings is 1. The zero-order valence-corrected chi connectivity index (χ0v) is 12.1. The van der Waals surface area contributed by atoms with Crippen molar-refractivity contribution >= 4 is 15.9 Å². The number of hydrogen-bond donors (Lipinski definition) is 1. The van der Waals surface area contributed by atoms with Gasteiger partial charge in [0.25, 0.3) is 0 Å². The zero-order valence-electron chi connectivity index (χ0n) is 10.6. The molecule has 1 atom stereocenters. The molecule has 0 saturated carbocycles. The van der Waals surface area contributed by atoms with Gasteiger partial charge in [0, 0.05) is 10.0 Å². The van der Waals surface area contributed by atoms with Gasteiger partial charge >= 0.3 is 0 Å². The van der Waals surface area contributed by atoms with Crippen LogP contribution in [-0.2, 0) is 0 Å². The third-order valence-corrected chi connectivity index (χ3v) is 2.91. The summed E-state index contributed by atoms with van der Waals surface area (Å²) < 4.78 is 14.6. The van der Waals surface area contributed by atoms with E-state index in [1.54, 1.807) is 0 Å². The number of rotatable bonds is 5. The Hall–Kier alpha value is -0.670. The summed E-state index contributed by atoms with van der Waals surface area (Å²) >= 11 is 3.27. The fourth-order valence-corrected chi connectivity index (χ4v) is 1.98. The van der Waals surface area contributed by atoms with Gasteiger partial charge in [-0.15, -0.1) is 0 Å². The lowest BCUT2D eigenvalue weighted by atomic mass is 10.0. The lowest BCUT2D eigenvalue weighted by Gasteiger charge is -2.17. The summed E-state index contributed by atoms with van der Waals surface area (Å²) in [5, 5.41) is 3.35. The first-order valence-electron chi connectivity index (χ1n) is 5.88. The summed E-state index contributed by atoms with van der Waals surface area (Å²) in [6, 6.07) is 5.16. The maximum atomic E-state index is 13.9. The molecule has 1 nitrogen and oxygen atoms in total. The van der Waals surface area contributed by atoms with E-state index in [1.165, 1.54) is 11.6 Å². The van der Waals surface area contributed by atoms with Gasteiger partial charge in [0.2, 0.25) is 0 Å². The van der Waals surface area contributed by atoms with Crippen LogP contribution in [0.5, 0.6) is 0 Å². The van der Waals surface area contributed by atoms with Gasteiger partial charge in [-0.3, -0.25) is 0 Å². The Morgan fingerprint density at radius 3 is 2.71 bits per heavy atom. The van der Waals surface area contributed by atoms with Crippen LogP contribution in [0.15, 0.2) is 34.3 Å². The van der Waals surface area contributed by atoms with Crippen LogP contribution in [-0.4, -0.2) is 6.54 Å². The molecule has 0 aliphatic carbocycles. The molecule has 0 radical (unpaired) electrons. The topological polar surface area (TPSA) is 12.0 Å². The minimum atomic E-state index is -0.175. The molecule has 0 amide bonds. The average molecular weight is 300 g/mol. The molecule has 1 aromatic carbocycles. The predicted octanol–water partition coefficient (Wildman–Crippen LogP) is 4.60. The monoisotopic (exact) mass is 299 g/mol. The molecule has 1 rings (SSSR count). The molecule has 0 aliphatic heterocycles. The Bertz CT molecular complexity index is 397. The summed E-state index contributed by atoms with van der Waals surface area (Å²) in [6.07, 6.45) is 3.09. The van der Waals surface area contributed by atoms with Crippen molar-refractivity contribution < 1.29 is 4.39 Å². The Balaban J connectivity index is 2.99. The normalized spacial score (nSPS) is 12.3. The highest BCUT2D eigenvalue weighted by molar-refractivity contribution is 9.10. The SMILES string of the molecule is CCCNC(C=C(C)C)c1ccc(Br)cc1F. The van der Waals surface area contributed by atoms with Crippen molar-refractivity contribution in [2.24, 2.45) is 0 Å². The summed E-state index contributed by atoms with van der Waals surface area (Å²) in [7, 11) is 0. The van der Waals surface area contributed by atoms with Gasteiger partial charge in [-0.2, -0.15) is 0 Å².